The molecule has 3 nitrogen and oxygen atoms in total. The van der Waals surface area contributed by atoms with Gasteiger partial charge in [-0.1, -0.05) is 13.0 Å². The zero-order chi connectivity index (χ0) is 13.3. The summed E-state index contributed by atoms with van der Waals surface area (Å²) < 4.78 is 5.65. The first-order valence-corrected chi connectivity index (χ1v) is 6.25. The van der Waals surface area contributed by atoms with Crippen molar-refractivity contribution in [2.45, 2.75) is 39.7 Å². The quantitative estimate of drug-likeness (QED) is 0.900. The third-order valence-corrected chi connectivity index (χ3v) is 3.64. The second-order valence-corrected chi connectivity index (χ2v) is 4.82. The molecule has 0 spiro atoms. The lowest BCUT2D eigenvalue weighted by molar-refractivity contribution is 0.490. The van der Waals surface area contributed by atoms with Crippen molar-refractivity contribution < 1.29 is 4.42 Å². The molecule has 0 aliphatic rings. The van der Waals surface area contributed by atoms with Gasteiger partial charge in [0.05, 0.1) is 0 Å². The Kier molecular flexibility index (Phi) is 3.53. The highest BCUT2D eigenvalue weighted by atomic mass is 16.3. The summed E-state index contributed by atoms with van der Waals surface area (Å²) in [6, 6.07) is 5.84. The summed E-state index contributed by atoms with van der Waals surface area (Å²) in [5, 5.41) is 0. The molecule has 0 saturated heterocycles. The fourth-order valence-electron chi connectivity index (χ4n) is 2.38. The Bertz CT molecular complexity index is 531. The first-order chi connectivity index (χ1) is 8.52. The number of furan rings is 1. The molecular formula is C15H20N2O. The van der Waals surface area contributed by atoms with Gasteiger partial charge in [-0.15, -0.1) is 0 Å². The Morgan fingerprint density at radius 2 is 1.89 bits per heavy atom. The van der Waals surface area contributed by atoms with Gasteiger partial charge in [-0.05, 0) is 38.5 Å². The summed E-state index contributed by atoms with van der Waals surface area (Å²) in [7, 11) is 0. The van der Waals surface area contributed by atoms with Crippen LogP contribution in [-0.4, -0.2) is 4.98 Å². The third kappa shape index (κ3) is 2.18. The number of hydrogen-bond donors (Lipinski definition) is 1. The van der Waals surface area contributed by atoms with E-state index in [2.05, 4.69) is 18.8 Å². The fourth-order valence-corrected chi connectivity index (χ4v) is 2.38. The predicted octanol–water partition coefficient (Wildman–Crippen LogP) is 3.40. The molecule has 0 saturated carbocycles. The molecule has 2 heterocycles. The summed E-state index contributed by atoms with van der Waals surface area (Å²) in [6.45, 7) is 8.12. The van der Waals surface area contributed by atoms with E-state index in [-0.39, 0.29) is 12.0 Å². The monoisotopic (exact) mass is 244 g/mol. The van der Waals surface area contributed by atoms with Gasteiger partial charge in [-0.3, -0.25) is 4.98 Å². The van der Waals surface area contributed by atoms with Gasteiger partial charge in [-0.2, -0.15) is 0 Å². The molecule has 2 aromatic heterocycles. The van der Waals surface area contributed by atoms with E-state index in [9.17, 15) is 0 Å². The normalized spacial score (nSPS) is 14.5. The Morgan fingerprint density at radius 3 is 2.39 bits per heavy atom. The van der Waals surface area contributed by atoms with Crippen molar-refractivity contribution in [3.8, 4) is 0 Å². The summed E-state index contributed by atoms with van der Waals surface area (Å²) in [6.07, 6.45) is 1.80. The van der Waals surface area contributed by atoms with E-state index < -0.39 is 0 Å². The molecule has 2 atom stereocenters. The molecule has 0 aliphatic carbocycles. The number of aromatic nitrogens is 1. The topological polar surface area (TPSA) is 52.0 Å². The van der Waals surface area contributed by atoms with E-state index in [4.69, 9.17) is 10.2 Å². The molecule has 3 heteroatoms. The molecule has 0 aliphatic heterocycles. The van der Waals surface area contributed by atoms with Gasteiger partial charge in [0.15, 0.2) is 0 Å². The molecule has 96 valence electrons. The third-order valence-electron chi connectivity index (χ3n) is 3.64. The van der Waals surface area contributed by atoms with Gasteiger partial charge in [0.1, 0.15) is 11.5 Å². The lowest BCUT2D eigenvalue weighted by Gasteiger charge is -2.20. The van der Waals surface area contributed by atoms with Crippen LogP contribution in [0.1, 0.15) is 47.2 Å². The van der Waals surface area contributed by atoms with Gasteiger partial charge in [-0.25, -0.2) is 0 Å². The van der Waals surface area contributed by atoms with Crippen molar-refractivity contribution in [2.75, 3.05) is 0 Å². The average Bonchev–Trinajstić information content (AvgIpc) is 2.63. The second-order valence-electron chi connectivity index (χ2n) is 4.82. The smallest absolute Gasteiger partial charge is 0.106 e. The molecular weight excluding hydrogens is 224 g/mol. The number of aryl methyl sites for hydroxylation is 2. The van der Waals surface area contributed by atoms with Crippen LogP contribution in [0.5, 0.6) is 0 Å². The average molecular weight is 244 g/mol. The Hall–Kier alpha value is -1.61. The highest BCUT2D eigenvalue weighted by molar-refractivity contribution is 5.36. The van der Waals surface area contributed by atoms with Crippen molar-refractivity contribution >= 4 is 0 Å². The first-order valence-electron chi connectivity index (χ1n) is 6.25. The Morgan fingerprint density at radius 1 is 1.17 bits per heavy atom. The molecule has 0 bridgehead atoms. The second kappa shape index (κ2) is 4.94. The molecule has 2 unspecified atom stereocenters. The van der Waals surface area contributed by atoms with E-state index in [0.717, 1.165) is 28.3 Å². The SMILES string of the molecule is Cc1oc(C)c(C(N)C(C)c2ccccn2)c1C. The zero-order valence-corrected chi connectivity index (χ0v) is 11.4. The Balaban J connectivity index is 2.34. The maximum Gasteiger partial charge on any atom is 0.106 e. The lowest BCUT2D eigenvalue weighted by Crippen LogP contribution is -2.19. The standard InChI is InChI=1S/C15H20N2O/c1-9-11(3)18-12(4)14(9)15(16)10(2)13-7-5-6-8-17-13/h5-8,10,15H,16H2,1-4H3. The van der Waals surface area contributed by atoms with E-state index in [1.54, 1.807) is 6.20 Å². The maximum atomic E-state index is 6.39. The minimum atomic E-state index is -0.0858. The van der Waals surface area contributed by atoms with E-state index in [0.29, 0.717) is 0 Å². The molecule has 0 fully saturated rings. The summed E-state index contributed by atoms with van der Waals surface area (Å²) in [4.78, 5) is 4.38. The molecule has 2 aromatic rings. The van der Waals surface area contributed by atoms with Gasteiger partial charge >= 0.3 is 0 Å². The lowest BCUT2D eigenvalue weighted by atomic mass is 9.90. The number of rotatable bonds is 3. The molecule has 0 radical (unpaired) electrons. The van der Waals surface area contributed by atoms with Crippen LogP contribution < -0.4 is 5.73 Å². The molecule has 2 N–H and O–H groups in total. The van der Waals surface area contributed by atoms with Crippen LogP contribution in [0.15, 0.2) is 28.8 Å². The first kappa shape index (κ1) is 12.8. The van der Waals surface area contributed by atoms with Crippen LogP contribution in [0.2, 0.25) is 0 Å². The molecule has 0 amide bonds. The highest BCUT2D eigenvalue weighted by Gasteiger charge is 2.24. The number of nitrogens with zero attached hydrogens (tertiary/aromatic N) is 1. The van der Waals surface area contributed by atoms with Gasteiger partial charge in [0, 0.05) is 29.4 Å². The fraction of sp³-hybridized carbons (Fsp3) is 0.400. The van der Waals surface area contributed by atoms with Crippen LogP contribution in [-0.2, 0) is 0 Å². The van der Waals surface area contributed by atoms with Crippen LogP contribution in [0.25, 0.3) is 0 Å². The summed E-state index contributed by atoms with van der Waals surface area (Å²) >= 11 is 0. The van der Waals surface area contributed by atoms with Crippen molar-refractivity contribution in [1.82, 2.24) is 4.98 Å². The number of pyridine rings is 1. The zero-order valence-electron chi connectivity index (χ0n) is 11.4. The van der Waals surface area contributed by atoms with Gasteiger partial charge in [0.25, 0.3) is 0 Å². The molecule has 2 rings (SSSR count). The number of hydrogen-bond acceptors (Lipinski definition) is 3. The van der Waals surface area contributed by atoms with Crippen LogP contribution in [0.3, 0.4) is 0 Å². The molecule has 18 heavy (non-hydrogen) atoms. The van der Waals surface area contributed by atoms with Crippen molar-refractivity contribution in [2.24, 2.45) is 5.73 Å². The minimum Gasteiger partial charge on any atom is -0.466 e. The van der Waals surface area contributed by atoms with E-state index >= 15 is 0 Å². The molecule has 0 aromatic carbocycles. The minimum absolute atomic E-state index is 0.0858. The van der Waals surface area contributed by atoms with E-state index in [1.807, 2.05) is 32.0 Å². The Labute approximate surface area is 108 Å². The van der Waals surface area contributed by atoms with Gasteiger partial charge in [0.2, 0.25) is 0 Å². The van der Waals surface area contributed by atoms with E-state index in [1.165, 1.54) is 0 Å². The van der Waals surface area contributed by atoms with Gasteiger partial charge < -0.3 is 10.2 Å². The maximum absolute atomic E-state index is 6.39. The largest absolute Gasteiger partial charge is 0.466 e. The van der Waals surface area contributed by atoms with Crippen molar-refractivity contribution in [3.63, 3.8) is 0 Å². The predicted molar refractivity (Wildman–Crippen MR) is 72.5 cm³/mol. The summed E-state index contributed by atoms with van der Waals surface area (Å²) in [5.74, 6) is 2.03. The summed E-state index contributed by atoms with van der Waals surface area (Å²) in [5.41, 5.74) is 9.67. The van der Waals surface area contributed by atoms with Crippen LogP contribution in [0, 0.1) is 20.8 Å². The van der Waals surface area contributed by atoms with Crippen molar-refractivity contribution in [3.05, 3.63) is 52.7 Å². The number of nitrogens with two attached hydrogens (primary N) is 1. The highest BCUT2D eigenvalue weighted by Crippen LogP contribution is 2.33. The van der Waals surface area contributed by atoms with Crippen LogP contribution in [0.4, 0.5) is 0 Å². The van der Waals surface area contributed by atoms with Crippen molar-refractivity contribution in [1.29, 1.82) is 0 Å². The van der Waals surface area contributed by atoms with Crippen LogP contribution >= 0.6 is 0 Å².